The summed E-state index contributed by atoms with van der Waals surface area (Å²) in [5.41, 5.74) is 3.27. The van der Waals surface area contributed by atoms with Crippen molar-refractivity contribution in [2.24, 2.45) is 0 Å². The van der Waals surface area contributed by atoms with Crippen LogP contribution in [0.1, 0.15) is 24.6 Å². The van der Waals surface area contributed by atoms with Crippen LogP contribution in [0, 0.1) is 6.92 Å². The van der Waals surface area contributed by atoms with Crippen molar-refractivity contribution in [1.29, 1.82) is 0 Å². The van der Waals surface area contributed by atoms with Gasteiger partial charge >= 0.3 is 5.97 Å². The summed E-state index contributed by atoms with van der Waals surface area (Å²) in [7, 11) is 0. The molecule has 0 aliphatic carbocycles. The molecule has 5 heteroatoms. The van der Waals surface area contributed by atoms with Gasteiger partial charge in [0.2, 0.25) is 0 Å². The number of nitrogens with zero attached hydrogens (tertiary/aromatic N) is 1. The lowest BCUT2D eigenvalue weighted by atomic mass is 10.1. The summed E-state index contributed by atoms with van der Waals surface area (Å²) in [4.78, 5) is 15.9. The quantitative estimate of drug-likeness (QED) is 0.748. The van der Waals surface area contributed by atoms with E-state index in [2.05, 4.69) is 40.0 Å². The topological polar surface area (TPSA) is 39.2 Å². The standard InChI is InChI=1S/C15H16BrNO2S/c1-3-19-14(18)7-5-12-9-20-15(17-12)13-6-4-11(16)8-10(13)2/h4,6,8-9H,3,5,7H2,1-2H3. The number of hydrogen-bond donors (Lipinski definition) is 0. The Morgan fingerprint density at radius 1 is 1.45 bits per heavy atom. The molecule has 0 N–H and O–H groups in total. The van der Waals surface area contributed by atoms with E-state index in [1.165, 1.54) is 5.56 Å². The van der Waals surface area contributed by atoms with Gasteiger partial charge in [0.1, 0.15) is 5.01 Å². The maximum Gasteiger partial charge on any atom is 0.306 e. The summed E-state index contributed by atoms with van der Waals surface area (Å²) in [6.45, 7) is 4.31. The zero-order chi connectivity index (χ0) is 14.5. The fourth-order valence-corrected chi connectivity index (χ4v) is 3.30. The SMILES string of the molecule is CCOC(=O)CCc1csc(-c2ccc(Br)cc2C)n1. The number of rotatable bonds is 5. The van der Waals surface area contributed by atoms with Gasteiger partial charge in [-0.3, -0.25) is 4.79 Å². The average molecular weight is 354 g/mol. The van der Waals surface area contributed by atoms with Crippen LogP contribution in [0.5, 0.6) is 0 Å². The molecule has 3 nitrogen and oxygen atoms in total. The molecule has 0 unspecified atom stereocenters. The first-order valence-corrected chi connectivity index (χ1v) is 8.14. The lowest BCUT2D eigenvalue weighted by Crippen LogP contribution is -2.05. The van der Waals surface area contributed by atoms with Gasteiger partial charge in [-0.25, -0.2) is 4.98 Å². The highest BCUT2D eigenvalue weighted by Crippen LogP contribution is 2.29. The zero-order valence-electron chi connectivity index (χ0n) is 11.5. The second kappa shape index (κ2) is 6.99. The minimum atomic E-state index is -0.165. The zero-order valence-corrected chi connectivity index (χ0v) is 13.9. The third-order valence-corrected chi connectivity index (χ3v) is 4.28. The van der Waals surface area contributed by atoms with Gasteiger partial charge in [0.25, 0.3) is 0 Å². The maximum absolute atomic E-state index is 11.3. The fourth-order valence-electron chi connectivity index (χ4n) is 1.88. The second-order valence-corrected chi connectivity index (χ2v) is 6.18. The number of aromatic nitrogens is 1. The van der Waals surface area contributed by atoms with Gasteiger partial charge in [-0.2, -0.15) is 0 Å². The Labute approximate surface area is 131 Å². The number of aryl methyl sites for hydroxylation is 2. The molecule has 2 rings (SSSR count). The van der Waals surface area contributed by atoms with Crippen molar-refractivity contribution in [3.63, 3.8) is 0 Å². The predicted octanol–water partition coefficient (Wildman–Crippen LogP) is 4.38. The smallest absolute Gasteiger partial charge is 0.306 e. The molecule has 0 saturated carbocycles. The van der Waals surface area contributed by atoms with E-state index < -0.39 is 0 Å². The number of esters is 1. The van der Waals surface area contributed by atoms with Crippen molar-refractivity contribution in [2.45, 2.75) is 26.7 Å². The molecule has 1 aromatic heterocycles. The summed E-state index contributed by atoms with van der Waals surface area (Å²) in [6, 6.07) is 6.16. The third kappa shape index (κ3) is 3.90. The third-order valence-electron chi connectivity index (χ3n) is 2.86. The Bertz CT molecular complexity index is 610. The van der Waals surface area contributed by atoms with Crippen LogP contribution in [0.15, 0.2) is 28.1 Å². The van der Waals surface area contributed by atoms with Gasteiger partial charge in [-0.15, -0.1) is 11.3 Å². The van der Waals surface area contributed by atoms with Crippen molar-refractivity contribution in [1.82, 2.24) is 4.98 Å². The first-order valence-electron chi connectivity index (χ1n) is 6.46. The highest BCUT2D eigenvalue weighted by Gasteiger charge is 2.09. The fraction of sp³-hybridized carbons (Fsp3) is 0.333. The lowest BCUT2D eigenvalue weighted by Gasteiger charge is -2.02. The number of halogens is 1. The van der Waals surface area contributed by atoms with E-state index in [1.54, 1.807) is 11.3 Å². The Hall–Kier alpha value is -1.20. The molecule has 0 spiro atoms. The van der Waals surface area contributed by atoms with Gasteiger partial charge < -0.3 is 4.74 Å². The molecule has 0 saturated heterocycles. The Balaban J connectivity index is 2.07. The molecule has 1 heterocycles. The largest absolute Gasteiger partial charge is 0.466 e. The number of benzene rings is 1. The van der Waals surface area contributed by atoms with Crippen LogP contribution in [0.3, 0.4) is 0 Å². The molecule has 0 fully saturated rings. The Morgan fingerprint density at radius 2 is 2.25 bits per heavy atom. The second-order valence-electron chi connectivity index (χ2n) is 4.41. The molecule has 2 aromatic rings. The molecule has 0 amide bonds. The van der Waals surface area contributed by atoms with E-state index in [9.17, 15) is 4.79 Å². The van der Waals surface area contributed by atoms with E-state index >= 15 is 0 Å². The van der Waals surface area contributed by atoms with Gasteiger partial charge in [0.15, 0.2) is 0 Å². The number of ether oxygens (including phenoxy) is 1. The van der Waals surface area contributed by atoms with E-state index in [0.717, 1.165) is 20.7 Å². The van der Waals surface area contributed by atoms with Crippen molar-refractivity contribution in [3.8, 4) is 10.6 Å². The highest BCUT2D eigenvalue weighted by molar-refractivity contribution is 9.10. The summed E-state index contributed by atoms with van der Waals surface area (Å²) in [5, 5.41) is 3.00. The number of thiazole rings is 1. The van der Waals surface area contributed by atoms with Crippen LogP contribution >= 0.6 is 27.3 Å². The summed E-state index contributed by atoms with van der Waals surface area (Å²) in [5.74, 6) is -0.165. The monoisotopic (exact) mass is 353 g/mol. The van der Waals surface area contributed by atoms with Gasteiger partial charge in [-0.05, 0) is 31.5 Å². The van der Waals surface area contributed by atoms with Crippen LogP contribution in [-0.4, -0.2) is 17.6 Å². The summed E-state index contributed by atoms with van der Waals surface area (Å²) >= 11 is 5.07. The van der Waals surface area contributed by atoms with E-state index in [-0.39, 0.29) is 5.97 Å². The minimum Gasteiger partial charge on any atom is -0.466 e. The van der Waals surface area contributed by atoms with Gasteiger partial charge in [0, 0.05) is 21.8 Å². The van der Waals surface area contributed by atoms with Crippen LogP contribution in [0.4, 0.5) is 0 Å². The molecule has 0 radical (unpaired) electrons. The molecule has 0 aliphatic heterocycles. The minimum absolute atomic E-state index is 0.165. The Kier molecular flexibility index (Phi) is 5.31. The highest BCUT2D eigenvalue weighted by atomic mass is 79.9. The molecule has 0 aliphatic rings. The average Bonchev–Trinajstić information content (AvgIpc) is 2.85. The van der Waals surface area contributed by atoms with Crippen LogP contribution in [-0.2, 0) is 16.0 Å². The first kappa shape index (κ1) is 15.2. The van der Waals surface area contributed by atoms with E-state index in [0.29, 0.717) is 19.4 Å². The Morgan fingerprint density at radius 3 is 2.95 bits per heavy atom. The number of carbonyl (C=O) groups excluding carboxylic acids is 1. The van der Waals surface area contributed by atoms with Crippen LogP contribution in [0.25, 0.3) is 10.6 Å². The lowest BCUT2D eigenvalue weighted by molar-refractivity contribution is -0.143. The van der Waals surface area contributed by atoms with Crippen LogP contribution < -0.4 is 0 Å². The molecule has 1 aromatic carbocycles. The van der Waals surface area contributed by atoms with Crippen molar-refractivity contribution < 1.29 is 9.53 Å². The molecule has 20 heavy (non-hydrogen) atoms. The van der Waals surface area contributed by atoms with E-state index in [4.69, 9.17) is 4.74 Å². The normalized spacial score (nSPS) is 10.6. The van der Waals surface area contributed by atoms with E-state index in [1.807, 2.05) is 18.4 Å². The van der Waals surface area contributed by atoms with Crippen molar-refractivity contribution in [2.75, 3.05) is 6.61 Å². The number of carbonyl (C=O) groups is 1. The molecule has 0 atom stereocenters. The summed E-state index contributed by atoms with van der Waals surface area (Å²) < 4.78 is 5.99. The molecular weight excluding hydrogens is 338 g/mol. The predicted molar refractivity (Wildman–Crippen MR) is 84.9 cm³/mol. The van der Waals surface area contributed by atoms with Gasteiger partial charge in [-0.1, -0.05) is 22.0 Å². The van der Waals surface area contributed by atoms with Gasteiger partial charge in [0.05, 0.1) is 18.7 Å². The van der Waals surface area contributed by atoms with Crippen molar-refractivity contribution in [3.05, 3.63) is 39.3 Å². The maximum atomic E-state index is 11.3. The molecular formula is C15H16BrNO2S. The molecule has 106 valence electrons. The summed E-state index contributed by atoms with van der Waals surface area (Å²) in [6.07, 6.45) is 1.02. The first-order chi connectivity index (χ1) is 9.60. The van der Waals surface area contributed by atoms with Crippen LogP contribution in [0.2, 0.25) is 0 Å². The molecule has 0 bridgehead atoms. The van der Waals surface area contributed by atoms with Crippen molar-refractivity contribution >= 4 is 33.2 Å². The number of hydrogen-bond acceptors (Lipinski definition) is 4.